The topological polar surface area (TPSA) is 38.0 Å². The summed E-state index contributed by atoms with van der Waals surface area (Å²) in [5.41, 5.74) is 0.334. The number of aliphatic hydroxyl groups is 1. The van der Waals surface area contributed by atoms with Gasteiger partial charge in [0.15, 0.2) is 0 Å². The first-order valence-electron chi connectivity index (χ1n) is 6.65. The highest BCUT2D eigenvalue weighted by Crippen LogP contribution is 2.30. The number of nitrogens with zero attached hydrogens (tertiary/aromatic N) is 2. The van der Waals surface area contributed by atoms with Crippen molar-refractivity contribution in [2.45, 2.75) is 38.6 Å². The number of alkyl halides is 3. The van der Waals surface area contributed by atoms with Gasteiger partial charge >= 0.3 is 6.18 Å². The number of aliphatic hydroxyl groups excluding tert-OH is 1. The number of hydrogen-bond donors (Lipinski definition) is 1. The summed E-state index contributed by atoms with van der Waals surface area (Å²) in [6, 6.07) is 5.18. The molecule has 0 amide bonds. The van der Waals surface area contributed by atoms with Crippen molar-refractivity contribution >= 4 is 0 Å². The zero-order valence-electron chi connectivity index (χ0n) is 11.8. The number of rotatable bonds is 4. The molecule has 0 bridgehead atoms. The van der Waals surface area contributed by atoms with Crippen LogP contribution in [0, 0.1) is 0 Å². The van der Waals surface area contributed by atoms with Crippen molar-refractivity contribution in [3.8, 4) is 0 Å². The van der Waals surface area contributed by atoms with Crippen molar-refractivity contribution in [3.63, 3.8) is 0 Å². The van der Waals surface area contributed by atoms with Crippen LogP contribution in [0.3, 0.4) is 0 Å². The predicted octanol–water partition coefficient (Wildman–Crippen LogP) is 3.76. The zero-order valence-corrected chi connectivity index (χ0v) is 11.8. The van der Waals surface area contributed by atoms with Crippen LogP contribution in [0.1, 0.15) is 42.7 Å². The number of hydrogen-bond acceptors (Lipinski definition) is 2. The second-order valence-electron chi connectivity index (χ2n) is 5.27. The van der Waals surface area contributed by atoms with Crippen LogP contribution >= 0.6 is 0 Å². The van der Waals surface area contributed by atoms with Crippen molar-refractivity contribution < 1.29 is 18.3 Å². The molecular weight excluding hydrogens is 281 g/mol. The molecule has 2 rings (SSSR count). The lowest BCUT2D eigenvalue weighted by Crippen LogP contribution is -2.07. The van der Waals surface area contributed by atoms with Crippen LogP contribution in [0.2, 0.25) is 0 Å². The van der Waals surface area contributed by atoms with Gasteiger partial charge in [0.05, 0.1) is 17.9 Å². The van der Waals surface area contributed by atoms with Gasteiger partial charge in [-0.05, 0) is 25.5 Å². The Morgan fingerprint density at radius 2 is 2.00 bits per heavy atom. The Kier molecular flexibility index (Phi) is 4.37. The second kappa shape index (κ2) is 5.89. The molecule has 3 nitrogen and oxygen atoms in total. The summed E-state index contributed by atoms with van der Waals surface area (Å²) in [6.07, 6.45) is -1.88. The molecule has 0 saturated carbocycles. The molecule has 0 aliphatic carbocycles. The van der Waals surface area contributed by atoms with Crippen molar-refractivity contribution in [3.05, 3.63) is 53.3 Å². The molecule has 0 aliphatic heterocycles. The van der Waals surface area contributed by atoms with Gasteiger partial charge in [0, 0.05) is 24.2 Å². The quantitative estimate of drug-likeness (QED) is 0.933. The van der Waals surface area contributed by atoms with Gasteiger partial charge in [0.1, 0.15) is 0 Å². The molecule has 1 heterocycles. The van der Waals surface area contributed by atoms with Crippen LogP contribution in [0.5, 0.6) is 0 Å². The molecule has 1 aromatic carbocycles. The van der Waals surface area contributed by atoms with Crippen molar-refractivity contribution in [2.24, 2.45) is 0 Å². The van der Waals surface area contributed by atoms with Crippen LogP contribution in [0.15, 0.2) is 36.7 Å². The molecule has 0 fully saturated rings. The summed E-state index contributed by atoms with van der Waals surface area (Å²) < 4.78 is 39.6. The molecule has 2 aromatic rings. The summed E-state index contributed by atoms with van der Waals surface area (Å²) in [4.78, 5) is 0. The normalized spacial score (nSPS) is 13.7. The van der Waals surface area contributed by atoms with Gasteiger partial charge in [-0.2, -0.15) is 18.3 Å². The highest BCUT2D eigenvalue weighted by atomic mass is 19.4. The molecule has 21 heavy (non-hydrogen) atoms. The molecular formula is C15H17F3N2O. The highest BCUT2D eigenvalue weighted by molar-refractivity contribution is 5.27. The van der Waals surface area contributed by atoms with Crippen LogP contribution in [-0.4, -0.2) is 14.9 Å². The predicted molar refractivity (Wildman–Crippen MR) is 72.7 cm³/mol. The molecule has 0 spiro atoms. The van der Waals surface area contributed by atoms with Crippen molar-refractivity contribution in [2.75, 3.05) is 0 Å². The maximum atomic E-state index is 12.6. The lowest BCUT2D eigenvalue weighted by molar-refractivity contribution is -0.137. The van der Waals surface area contributed by atoms with E-state index in [-0.39, 0.29) is 12.5 Å². The third-order valence-electron chi connectivity index (χ3n) is 3.22. The van der Waals surface area contributed by atoms with E-state index in [1.807, 2.05) is 13.8 Å². The minimum atomic E-state index is -4.37. The van der Waals surface area contributed by atoms with Crippen LogP contribution in [0.4, 0.5) is 13.2 Å². The molecule has 0 saturated heterocycles. The van der Waals surface area contributed by atoms with Crippen LogP contribution in [-0.2, 0) is 12.6 Å². The van der Waals surface area contributed by atoms with E-state index in [9.17, 15) is 18.3 Å². The first-order chi connectivity index (χ1) is 9.77. The monoisotopic (exact) mass is 298 g/mol. The largest absolute Gasteiger partial charge is 0.416 e. The van der Waals surface area contributed by atoms with Crippen LogP contribution in [0.25, 0.3) is 0 Å². The van der Waals surface area contributed by atoms with E-state index < -0.39 is 17.8 Å². The van der Waals surface area contributed by atoms with E-state index in [0.29, 0.717) is 11.1 Å². The summed E-state index contributed by atoms with van der Waals surface area (Å²) in [5, 5.41) is 14.2. The summed E-state index contributed by atoms with van der Waals surface area (Å²) >= 11 is 0. The molecule has 1 unspecified atom stereocenters. The van der Waals surface area contributed by atoms with Crippen molar-refractivity contribution in [1.29, 1.82) is 0 Å². The highest BCUT2D eigenvalue weighted by Gasteiger charge is 2.30. The Morgan fingerprint density at radius 1 is 1.29 bits per heavy atom. The third kappa shape index (κ3) is 3.85. The van der Waals surface area contributed by atoms with Gasteiger partial charge in [0.25, 0.3) is 0 Å². The Bertz CT molecular complexity index is 605. The smallest absolute Gasteiger partial charge is 0.388 e. The Labute approximate surface area is 121 Å². The van der Waals surface area contributed by atoms with E-state index in [1.54, 1.807) is 16.9 Å². The fraction of sp³-hybridized carbons (Fsp3) is 0.400. The van der Waals surface area contributed by atoms with E-state index in [1.165, 1.54) is 12.3 Å². The molecule has 114 valence electrons. The van der Waals surface area contributed by atoms with E-state index in [0.717, 1.165) is 12.1 Å². The average molecular weight is 298 g/mol. The molecule has 0 aliphatic rings. The zero-order chi connectivity index (χ0) is 15.6. The summed E-state index contributed by atoms with van der Waals surface area (Å²) in [6.45, 7) is 3.91. The number of aromatic nitrogens is 2. The average Bonchev–Trinajstić information content (AvgIpc) is 2.88. The summed E-state index contributed by atoms with van der Waals surface area (Å²) in [5.74, 6) is 0. The van der Waals surface area contributed by atoms with Gasteiger partial charge < -0.3 is 5.11 Å². The number of benzene rings is 1. The first kappa shape index (κ1) is 15.6. The van der Waals surface area contributed by atoms with E-state index in [2.05, 4.69) is 5.10 Å². The van der Waals surface area contributed by atoms with Gasteiger partial charge in [-0.15, -0.1) is 0 Å². The SMILES string of the molecule is CC(C)n1cc(C(O)Cc2cccc(C(F)(F)F)c2)cn1. The Hall–Kier alpha value is -1.82. The standard InChI is InChI=1S/C15H17F3N2O/c1-10(2)20-9-12(8-19-20)14(21)7-11-4-3-5-13(6-11)15(16,17)18/h3-6,8-10,14,21H,7H2,1-2H3. The second-order valence-corrected chi connectivity index (χ2v) is 5.27. The third-order valence-corrected chi connectivity index (χ3v) is 3.22. The van der Waals surface area contributed by atoms with Gasteiger partial charge in [-0.25, -0.2) is 0 Å². The molecule has 1 atom stereocenters. The Balaban J connectivity index is 2.13. The maximum Gasteiger partial charge on any atom is 0.416 e. The minimum absolute atomic E-state index is 0.119. The van der Waals surface area contributed by atoms with E-state index >= 15 is 0 Å². The molecule has 1 N–H and O–H groups in total. The minimum Gasteiger partial charge on any atom is -0.388 e. The maximum absolute atomic E-state index is 12.6. The molecule has 0 radical (unpaired) electrons. The first-order valence-corrected chi connectivity index (χ1v) is 6.65. The lowest BCUT2D eigenvalue weighted by Gasteiger charge is -2.11. The molecule has 1 aromatic heterocycles. The van der Waals surface area contributed by atoms with Gasteiger partial charge in [0.2, 0.25) is 0 Å². The fourth-order valence-electron chi connectivity index (χ4n) is 2.02. The summed E-state index contributed by atoms with van der Waals surface area (Å²) in [7, 11) is 0. The van der Waals surface area contributed by atoms with Crippen molar-refractivity contribution in [1.82, 2.24) is 9.78 Å². The fourth-order valence-corrected chi connectivity index (χ4v) is 2.02. The lowest BCUT2D eigenvalue weighted by atomic mass is 10.0. The molecule has 6 heteroatoms. The van der Waals surface area contributed by atoms with Gasteiger partial charge in [-0.3, -0.25) is 4.68 Å². The Morgan fingerprint density at radius 3 is 2.57 bits per heavy atom. The number of halogens is 3. The van der Waals surface area contributed by atoms with Gasteiger partial charge in [-0.1, -0.05) is 18.2 Å². The van der Waals surface area contributed by atoms with Crippen LogP contribution < -0.4 is 0 Å². The van der Waals surface area contributed by atoms with E-state index in [4.69, 9.17) is 0 Å².